The first kappa shape index (κ1) is 17.4. The van der Waals surface area contributed by atoms with Gasteiger partial charge in [-0.2, -0.15) is 0 Å². The van der Waals surface area contributed by atoms with Gasteiger partial charge in [0.2, 0.25) is 0 Å². The van der Waals surface area contributed by atoms with Crippen molar-refractivity contribution in [2.24, 2.45) is 5.41 Å². The summed E-state index contributed by atoms with van der Waals surface area (Å²) in [7, 11) is 2.10. The summed E-state index contributed by atoms with van der Waals surface area (Å²) in [5, 5.41) is 13.3. The van der Waals surface area contributed by atoms with E-state index in [9.17, 15) is 5.11 Å². The van der Waals surface area contributed by atoms with Gasteiger partial charge in [-0.05, 0) is 37.9 Å². The molecule has 0 bridgehead atoms. The summed E-state index contributed by atoms with van der Waals surface area (Å²) in [5.41, 5.74) is 3.43. The number of aliphatic hydroxyl groups excluding tert-OH is 1. The fraction of sp³-hybridized carbons (Fsp3) is 0.550. The third-order valence-electron chi connectivity index (χ3n) is 5.78. The summed E-state index contributed by atoms with van der Waals surface area (Å²) in [6.07, 6.45) is 8.83. The van der Waals surface area contributed by atoms with Gasteiger partial charge in [0.15, 0.2) is 5.82 Å². The van der Waals surface area contributed by atoms with Crippen molar-refractivity contribution < 1.29 is 5.11 Å². The lowest BCUT2D eigenvalue weighted by Crippen LogP contribution is -2.44. The Bertz CT molecular complexity index is 755. The van der Waals surface area contributed by atoms with Gasteiger partial charge < -0.3 is 15.3 Å². The number of fused-ring (bicyclic) bond motifs is 1. The second-order valence-corrected chi connectivity index (χ2v) is 7.65. The molecule has 2 aliphatic rings. The molecule has 6 nitrogen and oxygen atoms in total. The summed E-state index contributed by atoms with van der Waals surface area (Å²) in [4.78, 5) is 16.2. The molecule has 138 valence electrons. The van der Waals surface area contributed by atoms with Crippen LogP contribution in [0.5, 0.6) is 0 Å². The molecule has 26 heavy (non-hydrogen) atoms. The maximum atomic E-state index is 9.87. The molecule has 2 aromatic heterocycles. The van der Waals surface area contributed by atoms with Crippen LogP contribution in [0, 0.1) is 5.41 Å². The molecular formula is C20H27N5O. The van der Waals surface area contributed by atoms with Crippen molar-refractivity contribution in [3.8, 4) is 11.4 Å². The van der Waals surface area contributed by atoms with Crippen LogP contribution in [0.3, 0.4) is 0 Å². The molecule has 0 saturated heterocycles. The summed E-state index contributed by atoms with van der Waals surface area (Å²) < 4.78 is 0. The summed E-state index contributed by atoms with van der Waals surface area (Å²) in [6.45, 7) is 3.00. The minimum atomic E-state index is 0.0341. The molecule has 0 aromatic carbocycles. The molecule has 1 saturated carbocycles. The SMILES string of the molecule is CN(CC1(CO)CCC1)c1nc(-c2ccncc2)nc2c1CCNCC2. The largest absolute Gasteiger partial charge is 0.396 e. The number of hydrogen-bond donors (Lipinski definition) is 2. The van der Waals surface area contributed by atoms with Gasteiger partial charge in [0.1, 0.15) is 5.82 Å². The van der Waals surface area contributed by atoms with Crippen LogP contribution >= 0.6 is 0 Å². The van der Waals surface area contributed by atoms with E-state index >= 15 is 0 Å². The highest BCUT2D eigenvalue weighted by molar-refractivity contribution is 5.60. The highest BCUT2D eigenvalue weighted by atomic mass is 16.3. The standard InChI is InChI=1S/C20H27N5O/c1-25(13-20(14-26)7-2-8-20)19-16-5-11-22-12-6-17(16)23-18(24-19)15-3-9-21-10-4-15/h3-4,9-10,22,26H,2,5-8,11-14H2,1H3. The second kappa shape index (κ2) is 7.29. The van der Waals surface area contributed by atoms with Gasteiger partial charge in [-0.15, -0.1) is 0 Å². The topological polar surface area (TPSA) is 74.2 Å². The molecule has 0 spiro atoms. The van der Waals surface area contributed by atoms with E-state index in [0.717, 1.165) is 68.2 Å². The van der Waals surface area contributed by atoms with Gasteiger partial charge in [-0.25, -0.2) is 9.97 Å². The van der Waals surface area contributed by atoms with Crippen LogP contribution in [-0.4, -0.2) is 53.3 Å². The Morgan fingerprint density at radius 2 is 1.92 bits per heavy atom. The molecule has 0 amide bonds. The Balaban J connectivity index is 1.73. The number of anilines is 1. The Morgan fingerprint density at radius 1 is 1.15 bits per heavy atom. The Kier molecular flexibility index (Phi) is 4.87. The number of pyridine rings is 1. The van der Waals surface area contributed by atoms with Crippen LogP contribution in [0.4, 0.5) is 5.82 Å². The lowest BCUT2D eigenvalue weighted by Gasteiger charge is -2.43. The Hall–Kier alpha value is -2.05. The fourth-order valence-electron chi connectivity index (χ4n) is 4.09. The van der Waals surface area contributed by atoms with Crippen LogP contribution in [0.1, 0.15) is 30.5 Å². The number of aliphatic hydroxyl groups is 1. The van der Waals surface area contributed by atoms with Crippen molar-refractivity contribution in [2.75, 3.05) is 38.2 Å². The molecule has 6 heteroatoms. The number of nitrogens with zero attached hydrogens (tertiary/aromatic N) is 4. The summed E-state index contributed by atoms with van der Waals surface area (Å²) >= 11 is 0. The first-order valence-corrected chi connectivity index (χ1v) is 9.54. The molecular weight excluding hydrogens is 326 g/mol. The Labute approximate surface area is 154 Å². The third kappa shape index (κ3) is 3.31. The first-order chi connectivity index (χ1) is 12.7. The van der Waals surface area contributed by atoms with Gasteiger partial charge >= 0.3 is 0 Å². The molecule has 0 atom stereocenters. The van der Waals surface area contributed by atoms with Crippen LogP contribution in [0.25, 0.3) is 11.4 Å². The molecule has 4 rings (SSSR count). The van der Waals surface area contributed by atoms with E-state index in [1.807, 2.05) is 12.1 Å². The van der Waals surface area contributed by atoms with E-state index < -0.39 is 0 Å². The van der Waals surface area contributed by atoms with Crippen molar-refractivity contribution in [1.82, 2.24) is 20.3 Å². The smallest absolute Gasteiger partial charge is 0.161 e. The first-order valence-electron chi connectivity index (χ1n) is 9.54. The maximum absolute atomic E-state index is 9.87. The monoisotopic (exact) mass is 353 g/mol. The summed E-state index contributed by atoms with van der Waals surface area (Å²) in [6, 6.07) is 3.92. The number of aromatic nitrogens is 3. The molecule has 0 unspecified atom stereocenters. The van der Waals surface area contributed by atoms with Gasteiger partial charge in [0, 0.05) is 55.5 Å². The van der Waals surface area contributed by atoms with E-state index in [1.165, 1.54) is 12.0 Å². The predicted octanol–water partition coefficient (Wildman–Crippen LogP) is 1.83. The van der Waals surface area contributed by atoms with Crippen molar-refractivity contribution in [2.45, 2.75) is 32.1 Å². The molecule has 1 aliphatic carbocycles. The van der Waals surface area contributed by atoms with E-state index in [0.29, 0.717) is 0 Å². The quantitative estimate of drug-likeness (QED) is 0.854. The number of rotatable bonds is 5. The number of nitrogens with one attached hydrogen (secondary N) is 1. The average Bonchev–Trinajstić information content (AvgIpc) is 2.90. The predicted molar refractivity (Wildman–Crippen MR) is 102 cm³/mol. The molecule has 1 aliphatic heterocycles. The fourth-order valence-corrected chi connectivity index (χ4v) is 4.09. The highest BCUT2D eigenvalue weighted by Gasteiger charge is 2.38. The van der Waals surface area contributed by atoms with Gasteiger partial charge in [0.25, 0.3) is 0 Å². The normalized spacial score (nSPS) is 18.5. The minimum absolute atomic E-state index is 0.0341. The van der Waals surface area contributed by atoms with Crippen molar-refractivity contribution in [3.05, 3.63) is 35.8 Å². The maximum Gasteiger partial charge on any atom is 0.161 e. The van der Waals surface area contributed by atoms with Crippen molar-refractivity contribution in [3.63, 3.8) is 0 Å². The van der Waals surface area contributed by atoms with Crippen LogP contribution in [0.2, 0.25) is 0 Å². The molecule has 2 aromatic rings. The number of hydrogen-bond acceptors (Lipinski definition) is 6. The summed E-state index contributed by atoms with van der Waals surface area (Å²) in [5.74, 6) is 1.78. The van der Waals surface area contributed by atoms with E-state index in [2.05, 4.69) is 22.2 Å². The lowest BCUT2D eigenvalue weighted by atomic mass is 9.69. The van der Waals surface area contributed by atoms with Crippen molar-refractivity contribution in [1.29, 1.82) is 0 Å². The van der Waals surface area contributed by atoms with Gasteiger partial charge in [-0.3, -0.25) is 4.98 Å². The van der Waals surface area contributed by atoms with E-state index in [-0.39, 0.29) is 12.0 Å². The van der Waals surface area contributed by atoms with Crippen LogP contribution in [0.15, 0.2) is 24.5 Å². The Morgan fingerprint density at radius 3 is 2.62 bits per heavy atom. The molecule has 1 fully saturated rings. The van der Waals surface area contributed by atoms with E-state index in [1.54, 1.807) is 12.4 Å². The minimum Gasteiger partial charge on any atom is -0.396 e. The molecule has 0 radical (unpaired) electrons. The van der Waals surface area contributed by atoms with Gasteiger partial charge in [-0.1, -0.05) is 6.42 Å². The van der Waals surface area contributed by atoms with Gasteiger partial charge in [0.05, 0.1) is 12.3 Å². The lowest BCUT2D eigenvalue weighted by molar-refractivity contribution is 0.0522. The van der Waals surface area contributed by atoms with E-state index in [4.69, 9.17) is 9.97 Å². The second-order valence-electron chi connectivity index (χ2n) is 7.65. The zero-order valence-corrected chi connectivity index (χ0v) is 15.4. The zero-order chi connectivity index (χ0) is 18.0. The third-order valence-corrected chi connectivity index (χ3v) is 5.78. The zero-order valence-electron chi connectivity index (χ0n) is 15.4. The molecule has 3 heterocycles. The average molecular weight is 353 g/mol. The van der Waals surface area contributed by atoms with Crippen LogP contribution < -0.4 is 10.2 Å². The highest BCUT2D eigenvalue weighted by Crippen LogP contribution is 2.42. The van der Waals surface area contributed by atoms with Crippen molar-refractivity contribution >= 4 is 5.82 Å². The van der Waals surface area contributed by atoms with Crippen LogP contribution in [-0.2, 0) is 12.8 Å². The molecule has 2 N–H and O–H groups in total.